The second kappa shape index (κ2) is 7.58. The first-order chi connectivity index (χ1) is 12.9. The Balaban J connectivity index is 1.90. The molecule has 2 heterocycles. The van der Waals surface area contributed by atoms with Gasteiger partial charge in [0.25, 0.3) is 5.91 Å². The summed E-state index contributed by atoms with van der Waals surface area (Å²) in [5.74, 6) is -0.625. The third-order valence-corrected chi connectivity index (χ3v) is 4.71. The summed E-state index contributed by atoms with van der Waals surface area (Å²) >= 11 is 0.976. The summed E-state index contributed by atoms with van der Waals surface area (Å²) in [5, 5.41) is 3.25. The van der Waals surface area contributed by atoms with Crippen molar-refractivity contribution < 1.29 is 23.5 Å². The van der Waals surface area contributed by atoms with Crippen LogP contribution in [0.2, 0.25) is 0 Å². The van der Waals surface area contributed by atoms with E-state index in [4.69, 9.17) is 13.9 Å². The third-order valence-electron chi connectivity index (χ3n) is 3.66. The number of ether oxygens (including phenoxy) is 2. The first-order valence-corrected chi connectivity index (χ1v) is 8.82. The first-order valence-electron chi connectivity index (χ1n) is 8.00. The van der Waals surface area contributed by atoms with Crippen LogP contribution in [0, 0.1) is 6.92 Å². The van der Waals surface area contributed by atoms with E-state index in [0.29, 0.717) is 27.3 Å². The number of hydrogen-bond donors (Lipinski definition) is 1. The summed E-state index contributed by atoms with van der Waals surface area (Å²) in [6.07, 6.45) is 0. The van der Waals surface area contributed by atoms with Crippen LogP contribution in [0.1, 0.15) is 32.6 Å². The lowest BCUT2D eigenvalue weighted by molar-refractivity contribution is 0.0531. The van der Waals surface area contributed by atoms with Gasteiger partial charge < -0.3 is 13.9 Å². The van der Waals surface area contributed by atoms with Gasteiger partial charge in [0, 0.05) is 5.39 Å². The summed E-state index contributed by atoms with van der Waals surface area (Å²) in [4.78, 5) is 40.9. The molecular formula is C18H16N2O6S. The smallest absolute Gasteiger partial charge is 0.350 e. The molecule has 140 valence electrons. The molecule has 0 unspecified atom stereocenters. The molecule has 0 radical (unpaired) electrons. The average Bonchev–Trinajstić information content (AvgIpc) is 3.01. The van der Waals surface area contributed by atoms with Crippen LogP contribution in [0.25, 0.3) is 11.0 Å². The molecule has 1 amide bonds. The van der Waals surface area contributed by atoms with Gasteiger partial charge in [0.2, 0.25) is 0 Å². The van der Waals surface area contributed by atoms with Gasteiger partial charge in [0.15, 0.2) is 5.13 Å². The molecule has 27 heavy (non-hydrogen) atoms. The van der Waals surface area contributed by atoms with E-state index in [0.717, 1.165) is 11.3 Å². The number of benzene rings is 1. The molecule has 0 aliphatic heterocycles. The molecule has 0 aliphatic carbocycles. The normalized spacial score (nSPS) is 10.6. The zero-order valence-corrected chi connectivity index (χ0v) is 15.6. The second-order valence-electron chi connectivity index (χ2n) is 5.46. The fourth-order valence-corrected chi connectivity index (χ4v) is 3.24. The van der Waals surface area contributed by atoms with Gasteiger partial charge in [-0.1, -0.05) is 11.3 Å². The van der Waals surface area contributed by atoms with E-state index in [1.54, 1.807) is 32.0 Å². The highest BCUT2D eigenvalue weighted by molar-refractivity contribution is 7.17. The molecule has 0 atom stereocenters. The van der Waals surface area contributed by atoms with Gasteiger partial charge >= 0.3 is 11.6 Å². The monoisotopic (exact) mass is 388 g/mol. The number of esters is 1. The lowest BCUT2D eigenvalue weighted by Crippen LogP contribution is -2.20. The highest BCUT2D eigenvalue weighted by Gasteiger charge is 2.20. The molecule has 0 spiro atoms. The van der Waals surface area contributed by atoms with Crippen LogP contribution in [0.15, 0.2) is 33.5 Å². The van der Waals surface area contributed by atoms with Gasteiger partial charge in [-0.05, 0) is 38.1 Å². The molecule has 3 aromatic rings. The maximum atomic E-state index is 12.5. The highest BCUT2D eigenvalue weighted by Crippen LogP contribution is 2.24. The largest absolute Gasteiger partial charge is 0.497 e. The van der Waals surface area contributed by atoms with E-state index in [1.165, 1.54) is 13.2 Å². The lowest BCUT2D eigenvalue weighted by Gasteiger charge is -2.04. The number of hydrogen-bond acceptors (Lipinski definition) is 8. The Bertz CT molecular complexity index is 1090. The van der Waals surface area contributed by atoms with Crippen LogP contribution in [0.3, 0.4) is 0 Å². The van der Waals surface area contributed by atoms with E-state index in [1.807, 2.05) is 0 Å². The number of nitrogens with zero attached hydrogens (tertiary/aromatic N) is 1. The van der Waals surface area contributed by atoms with Crippen molar-refractivity contribution in [3.05, 3.63) is 50.8 Å². The molecule has 2 aromatic heterocycles. The zero-order chi connectivity index (χ0) is 19.6. The standard InChI is InChI=1S/C18H16N2O6S/c1-4-25-17(23)14-9(2)19-18(27-14)20-15(21)12-8-10-7-11(24-3)5-6-13(10)26-16(12)22/h5-8H,4H2,1-3H3,(H,19,20,21). The van der Waals surface area contributed by atoms with E-state index >= 15 is 0 Å². The Morgan fingerprint density at radius 2 is 2.07 bits per heavy atom. The zero-order valence-electron chi connectivity index (χ0n) is 14.8. The predicted molar refractivity (Wildman–Crippen MR) is 99.8 cm³/mol. The number of carbonyl (C=O) groups excluding carboxylic acids is 2. The highest BCUT2D eigenvalue weighted by atomic mass is 32.1. The minimum Gasteiger partial charge on any atom is -0.497 e. The molecule has 8 nitrogen and oxygen atoms in total. The average molecular weight is 388 g/mol. The maximum absolute atomic E-state index is 12.5. The topological polar surface area (TPSA) is 108 Å². The van der Waals surface area contributed by atoms with Gasteiger partial charge in [0.05, 0.1) is 19.4 Å². The third kappa shape index (κ3) is 3.82. The van der Waals surface area contributed by atoms with Crippen LogP contribution in [0.4, 0.5) is 5.13 Å². The molecule has 0 fully saturated rings. The summed E-state index contributed by atoms with van der Waals surface area (Å²) in [6.45, 7) is 3.57. The molecule has 0 aliphatic rings. The quantitative estimate of drug-likeness (QED) is 0.529. The van der Waals surface area contributed by atoms with Gasteiger partial charge in [-0.15, -0.1) is 0 Å². The molecule has 0 bridgehead atoms. The van der Waals surface area contributed by atoms with Crippen LogP contribution in [-0.4, -0.2) is 30.6 Å². The van der Waals surface area contributed by atoms with E-state index in [-0.39, 0.29) is 17.3 Å². The number of amides is 1. The van der Waals surface area contributed by atoms with E-state index in [9.17, 15) is 14.4 Å². The number of nitrogens with one attached hydrogen (secondary N) is 1. The number of rotatable bonds is 5. The number of thiazole rings is 1. The molecule has 3 rings (SSSR count). The van der Waals surface area contributed by atoms with Gasteiger partial charge in [-0.25, -0.2) is 14.6 Å². The number of carbonyl (C=O) groups is 2. The van der Waals surface area contributed by atoms with Crippen molar-refractivity contribution in [3.63, 3.8) is 0 Å². The Hall–Kier alpha value is -3.20. The minimum atomic E-state index is -0.774. The van der Waals surface area contributed by atoms with E-state index < -0.39 is 17.5 Å². The van der Waals surface area contributed by atoms with Crippen molar-refractivity contribution in [2.75, 3.05) is 19.0 Å². The van der Waals surface area contributed by atoms with Crippen molar-refractivity contribution in [2.24, 2.45) is 0 Å². The van der Waals surface area contributed by atoms with Crippen LogP contribution >= 0.6 is 11.3 Å². The van der Waals surface area contributed by atoms with Crippen molar-refractivity contribution >= 4 is 39.3 Å². The van der Waals surface area contributed by atoms with Crippen LogP contribution in [0.5, 0.6) is 5.75 Å². The fraction of sp³-hybridized carbons (Fsp3) is 0.222. The Morgan fingerprint density at radius 3 is 2.78 bits per heavy atom. The Morgan fingerprint density at radius 1 is 1.30 bits per heavy atom. The van der Waals surface area contributed by atoms with E-state index in [2.05, 4.69) is 10.3 Å². The molecule has 1 N–H and O–H groups in total. The van der Waals surface area contributed by atoms with Crippen LogP contribution < -0.4 is 15.7 Å². The minimum absolute atomic E-state index is 0.179. The lowest BCUT2D eigenvalue weighted by atomic mass is 10.1. The van der Waals surface area contributed by atoms with Crippen LogP contribution in [-0.2, 0) is 4.74 Å². The summed E-state index contributed by atoms with van der Waals surface area (Å²) in [5.41, 5.74) is -0.179. The summed E-state index contributed by atoms with van der Waals surface area (Å²) < 4.78 is 15.3. The SMILES string of the molecule is CCOC(=O)c1sc(NC(=O)c2cc3cc(OC)ccc3oc2=O)nc1C. The predicted octanol–water partition coefficient (Wildman–Crippen LogP) is 3.00. The molecule has 9 heteroatoms. The number of aryl methyl sites for hydroxylation is 1. The van der Waals surface area contributed by atoms with Gasteiger partial charge in [0.1, 0.15) is 21.8 Å². The number of methoxy groups -OCH3 is 1. The number of fused-ring (bicyclic) bond motifs is 1. The fourth-order valence-electron chi connectivity index (χ4n) is 2.39. The molecular weight excluding hydrogens is 372 g/mol. The van der Waals surface area contributed by atoms with Crippen molar-refractivity contribution in [3.8, 4) is 5.75 Å². The van der Waals surface area contributed by atoms with Gasteiger partial charge in [-0.2, -0.15) is 0 Å². The second-order valence-corrected chi connectivity index (χ2v) is 6.46. The number of anilines is 1. The molecule has 1 aromatic carbocycles. The van der Waals surface area contributed by atoms with Crippen molar-refractivity contribution in [1.29, 1.82) is 0 Å². The Kier molecular flexibility index (Phi) is 5.22. The maximum Gasteiger partial charge on any atom is 0.350 e. The number of aromatic nitrogens is 1. The van der Waals surface area contributed by atoms with Crippen molar-refractivity contribution in [2.45, 2.75) is 13.8 Å². The van der Waals surface area contributed by atoms with Crippen molar-refractivity contribution in [1.82, 2.24) is 4.98 Å². The van der Waals surface area contributed by atoms with Gasteiger partial charge in [-0.3, -0.25) is 10.1 Å². The Labute approximate surface area is 157 Å². The molecule has 0 saturated carbocycles. The first kappa shape index (κ1) is 18.6. The summed E-state index contributed by atoms with van der Waals surface area (Å²) in [7, 11) is 1.51. The molecule has 0 saturated heterocycles. The summed E-state index contributed by atoms with van der Waals surface area (Å²) in [6, 6.07) is 6.32.